The molecule has 0 saturated carbocycles. The highest BCUT2D eigenvalue weighted by atomic mass is 32.2. The van der Waals surface area contributed by atoms with E-state index in [-0.39, 0.29) is 17.1 Å². The molecular weight excluding hydrogens is 270 g/mol. The number of nitrogens with two attached hydrogens (primary N) is 2. The molecule has 108 valence electrons. The second kappa shape index (κ2) is 5.33. The van der Waals surface area contributed by atoms with Crippen LogP contribution in [-0.2, 0) is 10.0 Å². The Balaban J connectivity index is 3.13. The molecule has 1 aromatic rings. The third kappa shape index (κ3) is 4.06. The van der Waals surface area contributed by atoms with Crippen LogP contribution in [0, 0.1) is 6.92 Å². The Labute approximate surface area is 112 Å². The van der Waals surface area contributed by atoms with Crippen LogP contribution in [0.15, 0.2) is 17.0 Å². The van der Waals surface area contributed by atoms with E-state index in [1.807, 2.05) is 0 Å². The van der Waals surface area contributed by atoms with Gasteiger partial charge in [0.15, 0.2) is 0 Å². The number of benzene rings is 1. The Bertz CT molecular complexity index is 570. The summed E-state index contributed by atoms with van der Waals surface area (Å²) in [5.41, 5.74) is 5.39. The van der Waals surface area contributed by atoms with Gasteiger partial charge in [-0.15, -0.1) is 0 Å². The summed E-state index contributed by atoms with van der Waals surface area (Å²) in [5, 5.41) is 26.6. The first-order valence-corrected chi connectivity index (χ1v) is 7.11. The van der Waals surface area contributed by atoms with Crippen molar-refractivity contribution in [3.63, 3.8) is 0 Å². The summed E-state index contributed by atoms with van der Waals surface area (Å²) >= 11 is 0. The predicted octanol–water partition coefficient (Wildman–Crippen LogP) is -0.620. The quantitative estimate of drug-likeness (QED) is 0.458. The van der Waals surface area contributed by atoms with Gasteiger partial charge in [0.2, 0.25) is 10.0 Å². The molecule has 8 heteroatoms. The summed E-state index contributed by atoms with van der Waals surface area (Å²) in [4.78, 5) is -0.0707. The van der Waals surface area contributed by atoms with Crippen molar-refractivity contribution in [3.8, 4) is 0 Å². The normalized spacial score (nSPS) is 15.0. The number of aliphatic hydroxyl groups is 2. The lowest BCUT2D eigenvalue weighted by atomic mass is 10.1. The van der Waals surface area contributed by atoms with Crippen LogP contribution in [0.1, 0.15) is 12.5 Å². The molecule has 0 aliphatic carbocycles. The van der Waals surface area contributed by atoms with Crippen molar-refractivity contribution in [2.24, 2.45) is 5.14 Å². The van der Waals surface area contributed by atoms with Crippen LogP contribution in [0.4, 0.5) is 11.4 Å². The summed E-state index contributed by atoms with van der Waals surface area (Å²) in [6.45, 7) is 2.64. The number of rotatable bonds is 5. The zero-order valence-electron chi connectivity index (χ0n) is 10.8. The molecule has 7 nitrogen and oxygen atoms in total. The van der Waals surface area contributed by atoms with Gasteiger partial charge in [-0.3, -0.25) is 0 Å². The minimum absolute atomic E-state index is 0.0395. The SMILES string of the molecule is Cc1c(NCC(C)(O)CO)cc(N)cc1S(N)(=O)=O. The first kappa shape index (κ1) is 15.7. The Morgan fingerprint density at radius 2 is 2.00 bits per heavy atom. The number of anilines is 2. The molecule has 0 aliphatic rings. The number of aliphatic hydroxyl groups excluding tert-OH is 1. The van der Waals surface area contributed by atoms with Crippen LogP contribution in [0.5, 0.6) is 0 Å². The van der Waals surface area contributed by atoms with E-state index in [0.29, 0.717) is 11.3 Å². The smallest absolute Gasteiger partial charge is 0.238 e. The number of primary sulfonamides is 1. The summed E-state index contributed by atoms with van der Waals surface area (Å²) in [6, 6.07) is 2.82. The molecule has 7 N–H and O–H groups in total. The Morgan fingerprint density at radius 3 is 2.47 bits per heavy atom. The van der Waals surface area contributed by atoms with E-state index < -0.39 is 22.2 Å². The van der Waals surface area contributed by atoms with Gasteiger partial charge in [0, 0.05) is 17.9 Å². The van der Waals surface area contributed by atoms with E-state index in [1.54, 1.807) is 6.92 Å². The molecule has 0 bridgehead atoms. The molecule has 0 heterocycles. The number of nitrogens with one attached hydrogen (secondary N) is 1. The van der Waals surface area contributed by atoms with Gasteiger partial charge in [-0.05, 0) is 31.5 Å². The minimum Gasteiger partial charge on any atom is -0.399 e. The van der Waals surface area contributed by atoms with Crippen molar-refractivity contribution < 1.29 is 18.6 Å². The topological polar surface area (TPSA) is 139 Å². The highest BCUT2D eigenvalue weighted by molar-refractivity contribution is 7.89. The predicted molar refractivity (Wildman–Crippen MR) is 73.2 cm³/mol. The molecule has 0 aliphatic heterocycles. The highest BCUT2D eigenvalue weighted by Gasteiger charge is 2.20. The van der Waals surface area contributed by atoms with Gasteiger partial charge in [0.1, 0.15) is 5.60 Å². The molecule has 0 fully saturated rings. The second-order valence-corrected chi connectivity index (χ2v) is 6.28. The number of nitrogen functional groups attached to an aromatic ring is 1. The van der Waals surface area contributed by atoms with Crippen molar-refractivity contribution in [2.75, 3.05) is 24.2 Å². The number of hydrogen-bond acceptors (Lipinski definition) is 6. The highest BCUT2D eigenvalue weighted by Crippen LogP contribution is 2.26. The van der Waals surface area contributed by atoms with Crippen molar-refractivity contribution in [2.45, 2.75) is 24.3 Å². The van der Waals surface area contributed by atoms with E-state index in [9.17, 15) is 13.5 Å². The average molecular weight is 289 g/mol. The van der Waals surface area contributed by atoms with Gasteiger partial charge < -0.3 is 21.3 Å². The van der Waals surface area contributed by atoms with Crippen LogP contribution in [0.2, 0.25) is 0 Å². The van der Waals surface area contributed by atoms with E-state index in [1.165, 1.54) is 19.1 Å². The van der Waals surface area contributed by atoms with Crippen LogP contribution < -0.4 is 16.2 Å². The maximum absolute atomic E-state index is 11.4. The van der Waals surface area contributed by atoms with Gasteiger partial charge in [-0.1, -0.05) is 0 Å². The fraction of sp³-hybridized carbons (Fsp3) is 0.455. The lowest BCUT2D eigenvalue weighted by molar-refractivity contribution is 0.0132. The maximum atomic E-state index is 11.4. The zero-order valence-corrected chi connectivity index (χ0v) is 11.7. The standard InChI is InChI=1S/C11H19N3O4S/c1-7-9(14-5-11(2,16)6-15)3-8(12)4-10(7)19(13,17)18/h3-4,14-16H,5-6,12H2,1-2H3,(H2,13,17,18). The molecule has 1 unspecified atom stereocenters. The first-order valence-electron chi connectivity index (χ1n) is 5.57. The van der Waals surface area contributed by atoms with E-state index in [2.05, 4.69) is 5.32 Å². The lowest BCUT2D eigenvalue weighted by Gasteiger charge is -2.22. The van der Waals surface area contributed by atoms with Gasteiger partial charge >= 0.3 is 0 Å². The molecule has 0 aromatic heterocycles. The summed E-state index contributed by atoms with van der Waals surface area (Å²) in [7, 11) is -3.87. The minimum atomic E-state index is -3.87. The molecule has 19 heavy (non-hydrogen) atoms. The van der Waals surface area contributed by atoms with Gasteiger partial charge in [-0.25, -0.2) is 13.6 Å². The Hall–Kier alpha value is -1.35. The third-order valence-corrected chi connectivity index (χ3v) is 3.73. The van der Waals surface area contributed by atoms with Crippen LogP contribution in [0.25, 0.3) is 0 Å². The van der Waals surface area contributed by atoms with Crippen molar-refractivity contribution in [1.29, 1.82) is 0 Å². The van der Waals surface area contributed by atoms with Crippen LogP contribution >= 0.6 is 0 Å². The Morgan fingerprint density at radius 1 is 1.42 bits per heavy atom. The average Bonchev–Trinajstić information content (AvgIpc) is 2.28. The van der Waals surface area contributed by atoms with E-state index >= 15 is 0 Å². The van der Waals surface area contributed by atoms with E-state index in [4.69, 9.17) is 16.0 Å². The van der Waals surface area contributed by atoms with Crippen molar-refractivity contribution >= 4 is 21.4 Å². The monoisotopic (exact) mass is 289 g/mol. The van der Waals surface area contributed by atoms with Gasteiger partial charge in [-0.2, -0.15) is 0 Å². The largest absolute Gasteiger partial charge is 0.399 e. The van der Waals surface area contributed by atoms with Crippen molar-refractivity contribution in [1.82, 2.24) is 0 Å². The first-order chi connectivity index (χ1) is 8.57. The summed E-state index contributed by atoms with van der Waals surface area (Å²) in [6.07, 6.45) is 0. The van der Waals surface area contributed by atoms with Gasteiger partial charge in [0.05, 0.1) is 11.5 Å². The van der Waals surface area contributed by atoms with Gasteiger partial charge in [0.25, 0.3) is 0 Å². The number of hydrogen-bond donors (Lipinski definition) is 5. The fourth-order valence-corrected chi connectivity index (χ4v) is 2.37. The fourth-order valence-electron chi connectivity index (χ4n) is 1.53. The molecule has 1 rings (SSSR count). The second-order valence-electron chi connectivity index (χ2n) is 4.75. The van der Waals surface area contributed by atoms with Crippen LogP contribution in [0.3, 0.4) is 0 Å². The third-order valence-electron chi connectivity index (χ3n) is 2.69. The molecule has 0 radical (unpaired) electrons. The summed E-state index contributed by atoms with van der Waals surface area (Å²) < 4.78 is 22.8. The molecule has 0 spiro atoms. The van der Waals surface area contributed by atoms with Crippen molar-refractivity contribution in [3.05, 3.63) is 17.7 Å². The summed E-state index contributed by atoms with van der Waals surface area (Å²) in [5.74, 6) is 0. The number of sulfonamides is 1. The van der Waals surface area contributed by atoms with E-state index in [0.717, 1.165) is 0 Å². The molecular formula is C11H19N3O4S. The lowest BCUT2D eigenvalue weighted by Crippen LogP contribution is -2.37. The zero-order chi connectivity index (χ0) is 14.8. The molecule has 0 amide bonds. The molecule has 0 saturated heterocycles. The Kier molecular flexibility index (Phi) is 4.41. The molecule has 1 aromatic carbocycles. The maximum Gasteiger partial charge on any atom is 0.238 e. The van der Waals surface area contributed by atoms with Crippen LogP contribution in [-0.4, -0.2) is 37.4 Å². The molecule has 1 atom stereocenters.